The Kier molecular flexibility index (Phi) is 3.73. The molecule has 3 rings (SSSR count). The van der Waals surface area contributed by atoms with Crippen LogP contribution in [0, 0.1) is 0 Å². The summed E-state index contributed by atoms with van der Waals surface area (Å²) in [4.78, 5) is 12.4. The van der Waals surface area contributed by atoms with Gasteiger partial charge in [0, 0.05) is 41.5 Å². The fourth-order valence-electron chi connectivity index (χ4n) is 2.03. The van der Waals surface area contributed by atoms with Crippen molar-refractivity contribution in [2.75, 3.05) is 5.73 Å². The van der Waals surface area contributed by atoms with Crippen LogP contribution >= 0.6 is 23.2 Å². The fraction of sp³-hybridized carbons (Fsp3) is 0. The van der Waals surface area contributed by atoms with E-state index < -0.39 is 0 Å². The molecular weight excluding hydrogens is 307 g/mol. The third-order valence-corrected chi connectivity index (χ3v) is 3.62. The van der Waals surface area contributed by atoms with E-state index in [1.807, 2.05) is 18.2 Å². The van der Waals surface area contributed by atoms with Crippen LogP contribution in [0.4, 0.5) is 5.82 Å². The average molecular weight is 317 g/mol. The Bertz CT molecular complexity index is 791. The van der Waals surface area contributed by atoms with E-state index in [-0.39, 0.29) is 5.82 Å². The van der Waals surface area contributed by atoms with E-state index in [1.54, 1.807) is 30.9 Å². The first-order chi connectivity index (χ1) is 10.2. The Labute approximate surface area is 131 Å². The van der Waals surface area contributed by atoms with Crippen LogP contribution in [-0.4, -0.2) is 15.0 Å². The molecule has 0 radical (unpaired) electrons. The molecule has 0 bridgehead atoms. The number of hydrogen-bond donors (Lipinski definition) is 1. The van der Waals surface area contributed by atoms with Gasteiger partial charge in [-0.05, 0) is 24.3 Å². The van der Waals surface area contributed by atoms with E-state index in [0.29, 0.717) is 15.7 Å². The molecule has 21 heavy (non-hydrogen) atoms. The number of pyridine rings is 3. The predicted octanol–water partition coefficient (Wildman–Crippen LogP) is 4.09. The first-order valence-electron chi connectivity index (χ1n) is 6.13. The van der Waals surface area contributed by atoms with Gasteiger partial charge in [-0.2, -0.15) is 0 Å². The fourth-order valence-corrected chi connectivity index (χ4v) is 2.40. The van der Waals surface area contributed by atoms with E-state index in [1.165, 1.54) is 0 Å². The number of hydrogen-bond acceptors (Lipinski definition) is 4. The number of rotatable bonds is 2. The second kappa shape index (κ2) is 5.68. The zero-order chi connectivity index (χ0) is 14.8. The number of nitrogen functional groups attached to an aromatic ring is 1. The van der Waals surface area contributed by atoms with Crippen LogP contribution in [0.5, 0.6) is 0 Å². The van der Waals surface area contributed by atoms with Crippen molar-refractivity contribution >= 4 is 29.0 Å². The molecule has 2 N–H and O–H groups in total. The van der Waals surface area contributed by atoms with Crippen LogP contribution in [0.2, 0.25) is 10.0 Å². The molecule has 104 valence electrons. The summed E-state index contributed by atoms with van der Waals surface area (Å²) in [5.74, 6) is 0.275. The summed E-state index contributed by atoms with van der Waals surface area (Å²) in [6.45, 7) is 0. The van der Waals surface area contributed by atoms with Gasteiger partial charge in [-0.1, -0.05) is 23.2 Å². The Morgan fingerprint density at radius 1 is 0.857 bits per heavy atom. The first-order valence-corrected chi connectivity index (χ1v) is 6.88. The largest absolute Gasteiger partial charge is 0.382 e. The number of anilines is 1. The molecule has 0 aromatic carbocycles. The molecule has 0 amide bonds. The van der Waals surface area contributed by atoms with Crippen LogP contribution in [0.25, 0.3) is 22.4 Å². The summed E-state index contributed by atoms with van der Waals surface area (Å²) in [6.07, 6.45) is 6.64. The Balaban J connectivity index is 2.30. The van der Waals surface area contributed by atoms with Gasteiger partial charge in [0.1, 0.15) is 5.82 Å². The smallest absolute Gasteiger partial charge is 0.142 e. The third-order valence-electron chi connectivity index (χ3n) is 3.02. The highest BCUT2D eigenvalue weighted by atomic mass is 35.5. The van der Waals surface area contributed by atoms with Gasteiger partial charge in [0.2, 0.25) is 0 Å². The number of nitrogens with zero attached hydrogens (tertiary/aromatic N) is 3. The van der Waals surface area contributed by atoms with Gasteiger partial charge < -0.3 is 5.73 Å². The maximum absolute atomic E-state index is 6.23. The molecule has 0 aliphatic heterocycles. The van der Waals surface area contributed by atoms with Crippen molar-refractivity contribution < 1.29 is 0 Å². The van der Waals surface area contributed by atoms with E-state index in [9.17, 15) is 0 Å². The molecular formula is C15H10Cl2N4. The Morgan fingerprint density at radius 3 is 2.29 bits per heavy atom. The molecule has 0 saturated heterocycles. The standard InChI is InChI=1S/C15H10Cl2N4/c16-12-7-11(10-3-6-20-8-13(10)17)14(21-15(12)18)9-1-4-19-5-2-9/h1-8H,(H2,18,21). The lowest BCUT2D eigenvalue weighted by molar-refractivity contribution is 1.28. The van der Waals surface area contributed by atoms with Crippen molar-refractivity contribution in [1.29, 1.82) is 0 Å². The van der Waals surface area contributed by atoms with Gasteiger partial charge in [0.15, 0.2) is 0 Å². The van der Waals surface area contributed by atoms with Gasteiger partial charge in [-0.25, -0.2) is 4.98 Å². The van der Waals surface area contributed by atoms with Crippen molar-refractivity contribution in [3.05, 3.63) is 59.1 Å². The zero-order valence-electron chi connectivity index (χ0n) is 10.8. The minimum absolute atomic E-state index is 0.275. The minimum atomic E-state index is 0.275. The molecule has 4 nitrogen and oxygen atoms in total. The molecule has 0 spiro atoms. The summed E-state index contributed by atoms with van der Waals surface area (Å²) >= 11 is 12.4. The van der Waals surface area contributed by atoms with E-state index >= 15 is 0 Å². The van der Waals surface area contributed by atoms with Gasteiger partial charge in [0.25, 0.3) is 0 Å². The Hall–Kier alpha value is -2.17. The molecule has 0 unspecified atom stereocenters. The van der Waals surface area contributed by atoms with Crippen molar-refractivity contribution in [1.82, 2.24) is 15.0 Å². The first kappa shape index (κ1) is 13.8. The summed E-state index contributed by atoms with van der Waals surface area (Å²) in [5, 5.41) is 0.908. The van der Waals surface area contributed by atoms with E-state index in [4.69, 9.17) is 28.9 Å². The Morgan fingerprint density at radius 2 is 1.57 bits per heavy atom. The normalized spacial score (nSPS) is 10.6. The van der Waals surface area contributed by atoms with Crippen LogP contribution in [0.15, 0.2) is 49.1 Å². The summed E-state index contributed by atoms with van der Waals surface area (Å²) in [5.41, 5.74) is 9.02. The second-order valence-corrected chi connectivity index (χ2v) is 5.16. The van der Waals surface area contributed by atoms with Gasteiger partial charge in [-0.3, -0.25) is 9.97 Å². The van der Waals surface area contributed by atoms with Crippen LogP contribution in [0.1, 0.15) is 0 Å². The van der Waals surface area contributed by atoms with Crippen molar-refractivity contribution in [3.8, 4) is 22.4 Å². The number of nitrogens with two attached hydrogens (primary N) is 1. The molecule has 3 aromatic heterocycles. The molecule has 6 heteroatoms. The van der Waals surface area contributed by atoms with Crippen molar-refractivity contribution in [3.63, 3.8) is 0 Å². The average Bonchev–Trinajstić information content (AvgIpc) is 2.51. The maximum Gasteiger partial charge on any atom is 0.142 e. The number of aromatic nitrogens is 3. The molecule has 0 aliphatic carbocycles. The lowest BCUT2D eigenvalue weighted by Gasteiger charge is -2.12. The second-order valence-electron chi connectivity index (χ2n) is 4.34. The lowest BCUT2D eigenvalue weighted by atomic mass is 10.0. The third kappa shape index (κ3) is 2.68. The molecule has 0 aliphatic rings. The SMILES string of the molecule is Nc1nc(-c2ccncc2)c(-c2ccncc2Cl)cc1Cl. The molecule has 0 saturated carbocycles. The highest BCUT2D eigenvalue weighted by molar-refractivity contribution is 6.34. The van der Waals surface area contributed by atoms with E-state index in [0.717, 1.165) is 16.7 Å². The minimum Gasteiger partial charge on any atom is -0.382 e. The maximum atomic E-state index is 6.23. The van der Waals surface area contributed by atoms with Gasteiger partial charge >= 0.3 is 0 Å². The van der Waals surface area contributed by atoms with Crippen molar-refractivity contribution in [2.45, 2.75) is 0 Å². The van der Waals surface area contributed by atoms with Crippen molar-refractivity contribution in [2.24, 2.45) is 0 Å². The van der Waals surface area contributed by atoms with Gasteiger partial charge in [-0.15, -0.1) is 0 Å². The lowest BCUT2D eigenvalue weighted by Crippen LogP contribution is -1.97. The summed E-state index contributed by atoms with van der Waals surface area (Å²) in [7, 11) is 0. The molecule has 3 heterocycles. The highest BCUT2D eigenvalue weighted by Crippen LogP contribution is 2.37. The molecule has 3 aromatic rings. The zero-order valence-corrected chi connectivity index (χ0v) is 12.3. The predicted molar refractivity (Wildman–Crippen MR) is 85.1 cm³/mol. The van der Waals surface area contributed by atoms with Crippen LogP contribution < -0.4 is 5.73 Å². The highest BCUT2D eigenvalue weighted by Gasteiger charge is 2.14. The molecule has 0 atom stereocenters. The monoisotopic (exact) mass is 316 g/mol. The van der Waals surface area contributed by atoms with Crippen LogP contribution in [0.3, 0.4) is 0 Å². The summed E-state index contributed by atoms with van der Waals surface area (Å²) < 4.78 is 0. The quantitative estimate of drug-likeness (QED) is 0.773. The topological polar surface area (TPSA) is 64.7 Å². The number of halogens is 2. The summed E-state index contributed by atoms with van der Waals surface area (Å²) in [6, 6.07) is 7.29. The van der Waals surface area contributed by atoms with Crippen LogP contribution in [-0.2, 0) is 0 Å². The molecule has 0 fully saturated rings. The van der Waals surface area contributed by atoms with Gasteiger partial charge in [0.05, 0.1) is 15.7 Å². The van der Waals surface area contributed by atoms with E-state index in [2.05, 4.69) is 15.0 Å².